The van der Waals surface area contributed by atoms with Crippen molar-refractivity contribution in [2.45, 2.75) is 0 Å². The molecule has 0 N–H and O–H groups in total. The summed E-state index contributed by atoms with van der Waals surface area (Å²) in [6.07, 6.45) is 0. The molecule has 1 aliphatic heterocycles. The predicted octanol–water partition coefficient (Wildman–Crippen LogP) is 3.63. The molecule has 1 fully saturated rings. The third-order valence-corrected chi connectivity index (χ3v) is 5.21. The van der Waals surface area contributed by atoms with Crippen LogP contribution < -0.4 is 9.64 Å². The zero-order chi connectivity index (χ0) is 21.1. The number of thioether (sulfide) groups is 1. The zero-order valence-electron chi connectivity index (χ0n) is 15.4. The van der Waals surface area contributed by atoms with Crippen LogP contribution >= 0.6 is 11.8 Å². The Morgan fingerprint density at radius 3 is 2.45 bits per heavy atom. The topological polar surface area (TPSA) is 79.6 Å². The lowest BCUT2D eigenvalue weighted by atomic mass is 10.0. The van der Waals surface area contributed by atoms with Crippen LogP contribution in [0.25, 0.3) is 11.1 Å². The SMILES string of the molecule is COC(=O)C(C#N)=C1SCC(=O)N1c1c(F)cc(-c2ccccc2OC)cc1F. The van der Waals surface area contributed by atoms with Gasteiger partial charge in [0.1, 0.15) is 22.5 Å². The fraction of sp³-hybridized carbons (Fsp3) is 0.150. The van der Waals surface area contributed by atoms with Crippen LogP contribution in [0.2, 0.25) is 0 Å². The first-order chi connectivity index (χ1) is 13.9. The summed E-state index contributed by atoms with van der Waals surface area (Å²) >= 11 is 0.833. The molecule has 1 heterocycles. The Balaban J connectivity index is 2.16. The molecule has 2 aromatic carbocycles. The third-order valence-electron chi connectivity index (χ3n) is 4.16. The molecule has 0 bridgehead atoms. The van der Waals surface area contributed by atoms with Gasteiger partial charge in [-0.25, -0.2) is 13.6 Å². The Hall–Kier alpha value is -3.38. The molecule has 6 nitrogen and oxygen atoms in total. The minimum Gasteiger partial charge on any atom is -0.496 e. The van der Waals surface area contributed by atoms with Crippen molar-refractivity contribution < 1.29 is 27.8 Å². The lowest BCUT2D eigenvalue weighted by Crippen LogP contribution is -2.27. The van der Waals surface area contributed by atoms with E-state index in [4.69, 9.17) is 4.74 Å². The molecule has 0 atom stereocenters. The van der Waals surface area contributed by atoms with Gasteiger partial charge >= 0.3 is 5.97 Å². The van der Waals surface area contributed by atoms with E-state index in [2.05, 4.69) is 4.74 Å². The van der Waals surface area contributed by atoms with Crippen LogP contribution in [0.3, 0.4) is 0 Å². The molecule has 3 rings (SSSR count). The van der Waals surface area contributed by atoms with Crippen LogP contribution in [0.15, 0.2) is 47.0 Å². The Morgan fingerprint density at radius 1 is 1.21 bits per heavy atom. The highest BCUT2D eigenvalue weighted by Gasteiger charge is 2.37. The number of rotatable bonds is 4. The summed E-state index contributed by atoms with van der Waals surface area (Å²) in [6, 6.07) is 10.5. The smallest absolute Gasteiger partial charge is 0.351 e. The quantitative estimate of drug-likeness (QED) is 0.430. The van der Waals surface area contributed by atoms with Crippen molar-refractivity contribution in [2.75, 3.05) is 24.9 Å². The van der Waals surface area contributed by atoms with Crippen molar-refractivity contribution in [3.8, 4) is 22.9 Å². The number of hydrogen-bond donors (Lipinski definition) is 0. The minimum atomic E-state index is -1.03. The van der Waals surface area contributed by atoms with Crippen molar-refractivity contribution >= 4 is 29.3 Å². The van der Waals surface area contributed by atoms with Gasteiger partial charge in [0.15, 0.2) is 17.2 Å². The van der Waals surface area contributed by atoms with Crippen molar-refractivity contribution in [1.82, 2.24) is 0 Å². The van der Waals surface area contributed by atoms with Crippen molar-refractivity contribution in [3.05, 3.63) is 58.6 Å². The lowest BCUT2D eigenvalue weighted by molar-refractivity contribution is -0.135. The molecular weight excluding hydrogens is 402 g/mol. The van der Waals surface area contributed by atoms with E-state index in [0.717, 1.165) is 31.0 Å². The molecular formula is C20H14F2N2O4S. The fourth-order valence-electron chi connectivity index (χ4n) is 2.88. The van der Waals surface area contributed by atoms with E-state index in [1.807, 2.05) is 0 Å². The number of benzene rings is 2. The number of para-hydroxylation sites is 1. The zero-order valence-corrected chi connectivity index (χ0v) is 16.2. The van der Waals surface area contributed by atoms with Crippen molar-refractivity contribution in [3.63, 3.8) is 0 Å². The van der Waals surface area contributed by atoms with Gasteiger partial charge in [-0.3, -0.25) is 9.69 Å². The summed E-state index contributed by atoms with van der Waals surface area (Å²) in [7, 11) is 2.50. The van der Waals surface area contributed by atoms with Gasteiger partial charge in [-0.2, -0.15) is 5.26 Å². The first kappa shape index (κ1) is 20.4. The predicted molar refractivity (Wildman–Crippen MR) is 103 cm³/mol. The average Bonchev–Trinajstić information content (AvgIpc) is 3.08. The van der Waals surface area contributed by atoms with Gasteiger partial charge in [-0.1, -0.05) is 30.0 Å². The molecule has 2 aromatic rings. The summed E-state index contributed by atoms with van der Waals surface area (Å²) in [5.41, 5.74) is -0.495. The van der Waals surface area contributed by atoms with Gasteiger partial charge in [0.05, 0.1) is 20.0 Å². The van der Waals surface area contributed by atoms with E-state index in [-0.39, 0.29) is 16.3 Å². The fourth-order valence-corrected chi connectivity index (χ4v) is 3.87. The minimum absolute atomic E-state index is 0.174. The third kappa shape index (κ3) is 3.67. The van der Waals surface area contributed by atoms with Crippen molar-refractivity contribution in [2.24, 2.45) is 0 Å². The number of carbonyl (C=O) groups excluding carboxylic acids is 2. The van der Waals surface area contributed by atoms with Gasteiger partial charge < -0.3 is 9.47 Å². The molecule has 0 spiro atoms. The second-order valence-electron chi connectivity index (χ2n) is 5.79. The monoisotopic (exact) mass is 416 g/mol. The number of carbonyl (C=O) groups is 2. The molecule has 1 aliphatic rings. The number of nitriles is 1. The lowest BCUT2D eigenvalue weighted by Gasteiger charge is -2.20. The van der Waals surface area contributed by atoms with E-state index < -0.39 is 34.8 Å². The summed E-state index contributed by atoms with van der Waals surface area (Å²) in [5.74, 6) is -3.47. The average molecular weight is 416 g/mol. The molecule has 0 aliphatic carbocycles. The highest BCUT2D eigenvalue weighted by Crippen LogP contribution is 2.41. The maximum absolute atomic E-state index is 15.0. The largest absolute Gasteiger partial charge is 0.496 e. The van der Waals surface area contributed by atoms with Gasteiger partial charge in [0, 0.05) is 5.56 Å². The number of nitrogens with zero attached hydrogens (tertiary/aromatic N) is 2. The molecule has 1 saturated heterocycles. The van der Waals surface area contributed by atoms with Crippen LogP contribution in [0.1, 0.15) is 0 Å². The molecule has 9 heteroatoms. The summed E-state index contributed by atoms with van der Waals surface area (Å²) in [6.45, 7) is 0. The highest BCUT2D eigenvalue weighted by molar-refractivity contribution is 8.04. The molecule has 148 valence electrons. The standard InChI is InChI=1S/C20H14F2N2O4S/c1-27-16-6-4-3-5-12(16)11-7-14(21)18(15(22)8-11)24-17(25)10-29-19(24)13(9-23)20(26)28-2/h3-8H,10H2,1-2H3. The number of methoxy groups -OCH3 is 2. The second kappa shape index (κ2) is 8.32. The van der Waals surface area contributed by atoms with Crippen LogP contribution in [-0.4, -0.2) is 31.8 Å². The Morgan fingerprint density at radius 2 is 1.86 bits per heavy atom. The van der Waals surface area contributed by atoms with E-state index >= 15 is 0 Å². The second-order valence-corrected chi connectivity index (χ2v) is 6.75. The number of hydrogen-bond acceptors (Lipinski definition) is 6. The van der Waals surface area contributed by atoms with E-state index in [0.29, 0.717) is 16.2 Å². The van der Waals surface area contributed by atoms with Gasteiger partial charge in [0.25, 0.3) is 0 Å². The Labute approximate surface area is 169 Å². The van der Waals surface area contributed by atoms with Crippen molar-refractivity contribution in [1.29, 1.82) is 5.26 Å². The number of amides is 1. The number of ether oxygens (including phenoxy) is 2. The molecule has 0 saturated carbocycles. The maximum Gasteiger partial charge on any atom is 0.351 e. The maximum atomic E-state index is 15.0. The van der Waals surface area contributed by atoms with E-state index in [1.165, 1.54) is 7.11 Å². The first-order valence-electron chi connectivity index (χ1n) is 8.23. The Bertz CT molecular complexity index is 1060. The van der Waals surface area contributed by atoms with E-state index in [9.17, 15) is 23.6 Å². The summed E-state index contributed by atoms with van der Waals surface area (Å²) in [4.78, 5) is 24.9. The van der Waals surface area contributed by atoms with Gasteiger partial charge in [0.2, 0.25) is 5.91 Å². The summed E-state index contributed by atoms with van der Waals surface area (Å²) < 4.78 is 39.7. The summed E-state index contributed by atoms with van der Waals surface area (Å²) in [5, 5.41) is 9.09. The van der Waals surface area contributed by atoms with Crippen LogP contribution in [0, 0.1) is 23.0 Å². The molecule has 0 unspecified atom stereocenters. The number of halogens is 2. The van der Waals surface area contributed by atoms with Gasteiger partial charge in [-0.15, -0.1) is 0 Å². The van der Waals surface area contributed by atoms with Crippen LogP contribution in [0.4, 0.5) is 14.5 Å². The van der Waals surface area contributed by atoms with Crippen LogP contribution in [0.5, 0.6) is 5.75 Å². The van der Waals surface area contributed by atoms with Crippen LogP contribution in [-0.2, 0) is 14.3 Å². The first-order valence-corrected chi connectivity index (χ1v) is 9.22. The molecule has 0 aromatic heterocycles. The normalized spacial score (nSPS) is 15.1. The molecule has 0 radical (unpaired) electrons. The Kier molecular flexibility index (Phi) is 5.84. The molecule has 29 heavy (non-hydrogen) atoms. The van der Waals surface area contributed by atoms with Gasteiger partial charge in [-0.05, 0) is 23.8 Å². The highest BCUT2D eigenvalue weighted by atomic mass is 32.2. The van der Waals surface area contributed by atoms with E-state index in [1.54, 1.807) is 30.3 Å². The number of anilines is 1. The molecule has 1 amide bonds. The number of esters is 1.